The average molecular weight is 202 g/mol. The van der Waals surface area contributed by atoms with Crippen LogP contribution in [-0.4, -0.2) is 5.97 Å². The van der Waals surface area contributed by atoms with E-state index in [0.717, 1.165) is 11.0 Å². The molecule has 2 rings (SSSR count). The molecule has 0 atom stereocenters. The lowest BCUT2D eigenvalue weighted by Crippen LogP contribution is -2.07. The molecule has 1 aromatic carbocycles. The first-order valence-electron chi connectivity index (χ1n) is 4.52. The summed E-state index contributed by atoms with van der Waals surface area (Å²) in [6.45, 7) is 5.12. The highest BCUT2D eigenvalue weighted by molar-refractivity contribution is 5.89. The molecule has 0 fully saturated rings. The molecule has 1 aromatic heterocycles. The smallest absolute Gasteiger partial charge is 0.338 e. The third-order valence-corrected chi connectivity index (χ3v) is 1.98. The molecular weight excluding hydrogens is 192 g/mol. The summed E-state index contributed by atoms with van der Waals surface area (Å²) in [5, 5.41) is 0.905. The Hall–Kier alpha value is -2.03. The number of ether oxygens (including phenoxy) is 1. The molecule has 0 unspecified atom stereocenters. The highest BCUT2D eigenvalue weighted by Gasteiger charge is 2.06. The van der Waals surface area contributed by atoms with Gasteiger partial charge in [-0.05, 0) is 31.2 Å². The van der Waals surface area contributed by atoms with Crippen LogP contribution >= 0.6 is 0 Å². The third-order valence-electron chi connectivity index (χ3n) is 1.98. The quantitative estimate of drug-likeness (QED) is 0.427. The fourth-order valence-corrected chi connectivity index (χ4v) is 1.20. The topological polar surface area (TPSA) is 39.4 Å². The molecule has 0 N–H and O–H groups in total. The predicted octanol–water partition coefficient (Wildman–Crippen LogP) is 2.91. The van der Waals surface area contributed by atoms with Gasteiger partial charge in [-0.2, -0.15) is 0 Å². The van der Waals surface area contributed by atoms with E-state index >= 15 is 0 Å². The number of esters is 1. The average Bonchev–Trinajstić information content (AvgIpc) is 2.64. The van der Waals surface area contributed by atoms with Crippen LogP contribution in [0.4, 0.5) is 0 Å². The molecular formula is C12H10O3. The van der Waals surface area contributed by atoms with Gasteiger partial charge in [-0.3, -0.25) is 0 Å². The van der Waals surface area contributed by atoms with Gasteiger partial charge in [0, 0.05) is 11.0 Å². The molecule has 0 saturated carbocycles. The molecule has 3 nitrogen and oxygen atoms in total. The second kappa shape index (κ2) is 3.61. The Kier molecular flexibility index (Phi) is 2.29. The molecule has 0 amide bonds. The first-order valence-corrected chi connectivity index (χ1v) is 4.52. The molecule has 0 spiro atoms. The van der Waals surface area contributed by atoms with Crippen molar-refractivity contribution in [3.05, 3.63) is 42.7 Å². The monoisotopic (exact) mass is 202 g/mol. The first-order chi connectivity index (χ1) is 7.16. The van der Waals surface area contributed by atoms with Crippen molar-refractivity contribution in [1.82, 2.24) is 0 Å². The summed E-state index contributed by atoms with van der Waals surface area (Å²) in [4.78, 5) is 11.2. The zero-order chi connectivity index (χ0) is 10.8. The lowest BCUT2D eigenvalue weighted by atomic mass is 10.2. The van der Waals surface area contributed by atoms with Gasteiger partial charge >= 0.3 is 5.97 Å². The SMILES string of the molecule is C=C(C)C(=O)Oc1ccc2occc2c1. The highest BCUT2D eigenvalue weighted by Crippen LogP contribution is 2.21. The Morgan fingerprint density at radius 1 is 1.40 bits per heavy atom. The number of rotatable bonds is 2. The van der Waals surface area contributed by atoms with Crippen LogP contribution in [0.1, 0.15) is 6.92 Å². The van der Waals surface area contributed by atoms with Gasteiger partial charge in [0.15, 0.2) is 0 Å². The second-order valence-corrected chi connectivity index (χ2v) is 3.29. The van der Waals surface area contributed by atoms with Crippen LogP contribution in [0, 0.1) is 0 Å². The maximum Gasteiger partial charge on any atom is 0.338 e. The van der Waals surface area contributed by atoms with E-state index in [0.29, 0.717) is 11.3 Å². The zero-order valence-corrected chi connectivity index (χ0v) is 8.32. The van der Waals surface area contributed by atoms with Crippen molar-refractivity contribution >= 4 is 16.9 Å². The van der Waals surface area contributed by atoms with Crippen molar-refractivity contribution in [2.75, 3.05) is 0 Å². The van der Waals surface area contributed by atoms with Crippen molar-refractivity contribution < 1.29 is 13.9 Å². The summed E-state index contributed by atoms with van der Waals surface area (Å²) in [7, 11) is 0. The van der Waals surface area contributed by atoms with Gasteiger partial charge in [0.2, 0.25) is 0 Å². The van der Waals surface area contributed by atoms with Crippen LogP contribution in [0.5, 0.6) is 5.75 Å². The number of benzene rings is 1. The maximum atomic E-state index is 11.2. The van der Waals surface area contributed by atoms with E-state index in [9.17, 15) is 4.79 Å². The summed E-state index contributed by atoms with van der Waals surface area (Å²) in [5.41, 5.74) is 1.15. The van der Waals surface area contributed by atoms with Crippen molar-refractivity contribution in [2.24, 2.45) is 0 Å². The van der Waals surface area contributed by atoms with E-state index in [1.54, 1.807) is 31.4 Å². The second-order valence-electron chi connectivity index (χ2n) is 3.29. The van der Waals surface area contributed by atoms with Gasteiger partial charge in [0.25, 0.3) is 0 Å². The molecule has 0 aliphatic rings. The molecule has 0 aliphatic heterocycles. The number of hydrogen-bond acceptors (Lipinski definition) is 3. The van der Waals surface area contributed by atoms with Crippen molar-refractivity contribution in [2.45, 2.75) is 6.92 Å². The number of carbonyl (C=O) groups is 1. The third kappa shape index (κ3) is 1.91. The van der Waals surface area contributed by atoms with Gasteiger partial charge < -0.3 is 9.15 Å². The minimum absolute atomic E-state index is 0.377. The van der Waals surface area contributed by atoms with Gasteiger partial charge in [0.1, 0.15) is 11.3 Å². The van der Waals surface area contributed by atoms with Crippen molar-refractivity contribution in [1.29, 1.82) is 0 Å². The minimum Gasteiger partial charge on any atom is -0.464 e. The molecule has 0 radical (unpaired) electrons. The van der Waals surface area contributed by atoms with E-state index in [1.165, 1.54) is 0 Å². The Morgan fingerprint density at radius 2 is 2.20 bits per heavy atom. The fraction of sp³-hybridized carbons (Fsp3) is 0.0833. The Bertz CT molecular complexity index is 522. The molecule has 0 saturated heterocycles. The lowest BCUT2D eigenvalue weighted by Gasteiger charge is -2.02. The van der Waals surface area contributed by atoms with Gasteiger partial charge in [-0.25, -0.2) is 4.79 Å². The van der Waals surface area contributed by atoms with E-state index < -0.39 is 5.97 Å². The molecule has 15 heavy (non-hydrogen) atoms. The highest BCUT2D eigenvalue weighted by atomic mass is 16.5. The summed E-state index contributed by atoms with van der Waals surface area (Å²) in [6, 6.07) is 7.01. The van der Waals surface area contributed by atoms with Crippen molar-refractivity contribution in [3.63, 3.8) is 0 Å². The molecule has 1 heterocycles. The fourth-order valence-electron chi connectivity index (χ4n) is 1.20. The standard InChI is InChI=1S/C12H10O3/c1-8(2)12(13)15-10-3-4-11-9(7-10)5-6-14-11/h3-7H,1H2,2H3. The van der Waals surface area contributed by atoms with Crippen molar-refractivity contribution in [3.8, 4) is 5.75 Å². The van der Waals surface area contributed by atoms with Gasteiger partial charge in [0.05, 0.1) is 6.26 Å². The van der Waals surface area contributed by atoms with Crippen LogP contribution in [0.25, 0.3) is 11.0 Å². The Morgan fingerprint density at radius 3 is 2.93 bits per heavy atom. The Balaban J connectivity index is 2.28. The van der Waals surface area contributed by atoms with Crippen LogP contribution < -0.4 is 4.74 Å². The molecule has 76 valence electrons. The summed E-state index contributed by atoms with van der Waals surface area (Å²) in [5.74, 6) is 0.0785. The minimum atomic E-state index is -0.419. The normalized spacial score (nSPS) is 10.2. The maximum absolute atomic E-state index is 11.2. The van der Waals surface area contributed by atoms with Crippen LogP contribution in [-0.2, 0) is 4.79 Å². The number of furan rings is 1. The largest absolute Gasteiger partial charge is 0.464 e. The number of hydrogen-bond donors (Lipinski definition) is 0. The predicted molar refractivity (Wildman–Crippen MR) is 56.7 cm³/mol. The zero-order valence-electron chi connectivity index (χ0n) is 8.32. The molecule has 2 aromatic rings. The van der Waals surface area contributed by atoms with Crippen LogP contribution in [0.2, 0.25) is 0 Å². The van der Waals surface area contributed by atoms with E-state index in [1.807, 2.05) is 6.07 Å². The van der Waals surface area contributed by atoms with Crippen LogP contribution in [0.15, 0.2) is 47.1 Å². The Labute approximate surface area is 87.0 Å². The summed E-state index contributed by atoms with van der Waals surface area (Å²) in [6.07, 6.45) is 1.59. The first kappa shape index (κ1) is 9.52. The van der Waals surface area contributed by atoms with Gasteiger partial charge in [-0.15, -0.1) is 0 Å². The van der Waals surface area contributed by atoms with E-state index in [-0.39, 0.29) is 0 Å². The van der Waals surface area contributed by atoms with E-state index in [2.05, 4.69) is 6.58 Å². The molecule has 0 bridgehead atoms. The summed E-state index contributed by atoms with van der Waals surface area (Å²) >= 11 is 0. The van der Waals surface area contributed by atoms with Gasteiger partial charge in [-0.1, -0.05) is 6.58 Å². The molecule has 0 aliphatic carbocycles. The summed E-state index contributed by atoms with van der Waals surface area (Å²) < 4.78 is 10.2. The van der Waals surface area contributed by atoms with Crippen LogP contribution in [0.3, 0.4) is 0 Å². The van der Waals surface area contributed by atoms with E-state index in [4.69, 9.17) is 9.15 Å². The lowest BCUT2D eigenvalue weighted by molar-refractivity contribution is -0.130. The molecule has 3 heteroatoms. The number of carbonyl (C=O) groups excluding carboxylic acids is 1. The number of fused-ring (bicyclic) bond motifs is 1.